The lowest BCUT2D eigenvalue weighted by molar-refractivity contribution is -0.111. The molecule has 1 N–H and O–H groups in total. The van der Waals surface area contributed by atoms with Gasteiger partial charge in [-0.3, -0.25) is 4.79 Å². The molecule has 30 heavy (non-hydrogen) atoms. The predicted octanol–water partition coefficient (Wildman–Crippen LogP) is 6.47. The van der Waals surface area contributed by atoms with Crippen LogP contribution in [0.15, 0.2) is 65.1 Å². The van der Waals surface area contributed by atoms with Gasteiger partial charge in [-0.25, -0.2) is 4.79 Å². The van der Waals surface area contributed by atoms with Crippen LogP contribution in [0.2, 0.25) is 10.0 Å². The van der Waals surface area contributed by atoms with Crippen LogP contribution in [0.25, 0.3) is 17.4 Å². The van der Waals surface area contributed by atoms with Gasteiger partial charge in [0.1, 0.15) is 11.5 Å². The second kappa shape index (κ2) is 9.65. The Balaban J connectivity index is 1.62. The Morgan fingerprint density at radius 2 is 1.77 bits per heavy atom. The Bertz CT molecular complexity index is 1080. The van der Waals surface area contributed by atoms with Crippen LogP contribution in [-0.2, 0) is 9.53 Å². The standard InChI is InChI=1S/C23H19Cl2NO4/c1-14(2)29-23(28)15-6-8-16(9-7-15)26-21(27)13-11-17-10-12-20(30-17)18-4-3-5-19(24)22(18)25/h3-14H,1-2H3,(H,26,27)/b13-11+. The molecule has 1 aromatic heterocycles. The molecule has 0 fully saturated rings. The Morgan fingerprint density at radius 1 is 1.03 bits per heavy atom. The normalized spacial score (nSPS) is 11.1. The highest BCUT2D eigenvalue weighted by Gasteiger charge is 2.11. The Morgan fingerprint density at radius 3 is 2.47 bits per heavy atom. The zero-order chi connectivity index (χ0) is 21.7. The van der Waals surface area contributed by atoms with Crippen molar-refractivity contribution in [2.24, 2.45) is 0 Å². The molecule has 0 saturated carbocycles. The van der Waals surface area contributed by atoms with Crippen LogP contribution < -0.4 is 5.32 Å². The van der Waals surface area contributed by atoms with E-state index in [0.29, 0.717) is 38.4 Å². The molecular formula is C23H19Cl2NO4. The maximum atomic E-state index is 12.2. The molecule has 0 saturated heterocycles. The van der Waals surface area contributed by atoms with Gasteiger partial charge in [0.15, 0.2) is 0 Å². The van der Waals surface area contributed by atoms with Crippen LogP contribution in [0.5, 0.6) is 0 Å². The fraction of sp³-hybridized carbons (Fsp3) is 0.130. The van der Waals surface area contributed by atoms with Crippen LogP contribution in [0, 0.1) is 0 Å². The van der Waals surface area contributed by atoms with Gasteiger partial charge in [0, 0.05) is 17.3 Å². The molecule has 5 nitrogen and oxygen atoms in total. The minimum Gasteiger partial charge on any atom is -0.459 e. The summed E-state index contributed by atoms with van der Waals surface area (Å²) >= 11 is 12.2. The number of halogens is 2. The quantitative estimate of drug-likeness (QED) is 0.350. The molecule has 0 radical (unpaired) electrons. The number of benzene rings is 2. The lowest BCUT2D eigenvalue weighted by Crippen LogP contribution is -2.12. The number of amides is 1. The van der Waals surface area contributed by atoms with Gasteiger partial charge in [-0.15, -0.1) is 0 Å². The largest absolute Gasteiger partial charge is 0.459 e. The number of carbonyl (C=O) groups excluding carboxylic acids is 2. The molecule has 2 aromatic carbocycles. The SMILES string of the molecule is CC(C)OC(=O)c1ccc(NC(=O)/C=C/c2ccc(-c3cccc(Cl)c3Cl)o2)cc1. The van der Waals surface area contributed by atoms with Gasteiger partial charge in [-0.05, 0) is 68.5 Å². The second-order valence-corrected chi connectivity index (χ2v) is 7.44. The summed E-state index contributed by atoms with van der Waals surface area (Å²) in [6.45, 7) is 3.56. The van der Waals surface area contributed by atoms with Crippen molar-refractivity contribution in [3.05, 3.63) is 82.0 Å². The van der Waals surface area contributed by atoms with Gasteiger partial charge in [0.05, 0.1) is 21.7 Å². The first-order chi connectivity index (χ1) is 14.3. The van der Waals surface area contributed by atoms with Crippen molar-refractivity contribution in [2.75, 3.05) is 5.32 Å². The van der Waals surface area contributed by atoms with Crippen molar-refractivity contribution >= 4 is 46.8 Å². The molecule has 3 rings (SSSR count). The van der Waals surface area contributed by atoms with E-state index in [0.717, 1.165) is 0 Å². The van der Waals surface area contributed by atoms with Crippen molar-refractivity contribution < 1.29 is 18.7 Å². The van der Waals surface area contributed by atoms with Crippen LogP contribution in [0.4, 0.5) is 5.69 Å². The van der Waals surface area contributed by atoms with Gasteiger partial charge in [0.2, 0.25) is 5.91 Å². The Hall–Kier alpha value is -3.02. The first kappa shape index (κ1) is 21.7. The maximum Gasteiger partial charge on any atom is 0.338 e. The fourth-order valence-corrected chi connectivity index (χ4v) is 2.99. The number of hydrogen-bond acceptors (Lipinski definition) is 4. The minimum absolute atomic E-state index is 0.195. The fourth-order valence-electron chi connectivity index (χ4n) is 2.59. The molecule has 3 aromatic rings. The number of rotatable bonds is 6. The number of ether oxygens (including phenoxy) is 1. The molecule has 0 aliphatic heterocycles. The lowest BCUT2D eigenvalue weighted by atomic mass is 10.2. The third-order valence-electron chi connectivity index (χ3n) is 3.97. The molecule has 1 heterocycles. The van der Waals surface area contributed by atoms with Crippen molar-refractivity contribution in [1.82, 2.24) is 0 Å². The monoisotopic (exact) mass is 443 g/mol. The summed E-state index contributed by atoms with van der Waals surface area (Å²) < 4.78 is 10.8. The highest BCUT2D eigenvalue weighted by atomic mass is 35.5. The molecule has 0 aliphatic carbocycles. The predicted molar refractivity (Wildman–Crippen MR) is 119 cm³/mol. The van der Waals surface area contributed by atoms with E-state index in [4.69, 9.17) is 32.4 Å². The third-order valence-corrected chi connectivity index (χ3v) is 4.79. The third kappa shape index (κ3) is 5.53. The number of furan rings is 1. The summed E-state index contributed by atoms with van der Waals surface area (Å²) in [6.07, 6.45) is 2.70. The highest BCUT2D eigenvalue weighted by molar-refractivity contribution is 6.43. The van der Waals surface area contributed by atoms with Gasteiger partial charge >= 0.3 is 5.97 Å². The molecule has 0 bridgehead atoms. The van der Waals surface area contributed by atoms with Crippen molar-refractivity contribution in [1.29, 1.82) is 0 Å². The maximum absolute atomic E-state index is 12.2. The van der Waals surface area contributed by atoms with E-state index in [1.165, 1.54) is 6.08 Å². The van der Waals surface area contributed by atoms with E-state index in [-0.39, 0.29) is 12.0 Å². The van der Waals surface area contributed by atoms with Crippen LogP contribution in [0.3, 0.4) is 0 Å². The van der Waals surface area contributed by atoms with E-state index in [1.54, 1.807) is 74.5 Å². The first-order valence-electron chi connectivity index (χ1n) is 9.18. The molecular weight excluding hydrogens is 425 g/mol. The topological polar surface area (TPSA) is 68.5 Å². The van der Waals surface area contributed by atoms with E-state index in [2.05, 4.69) is 5.32 Å². The lowest BCUT2D eigenvalue weighted by Gasteiger charge is -2.08. The summed E-state index contributed by atoms with van der Waals surface area (Å²) in [5, 5.41) is 3.56. The number of hydrogen-bond donors (Lipinski definition) is 1. The van der Waals surface area contributed by atoms with Crippen LogP contribution in [0.1, 0.15) is 30.0 Å². The van der Waals surface area contributed by atoms with Crippen LogP contribution in [-0.4, -0.2) is 18.0 Å². The average Bonchev–Trinajstić information content (AvgIpc) is 3.17. The van der Waals surface area contributed by atoms with Gasteiger partial charge in [0.25, 0.3) is 0 Å². The Kier molecular flexibility index (Phi) is 6.98. The molecule has 154 valence electrons. The summed E-state index contributed by atoms with van der Waals surface area (Å²) in [4.78, 5) is 24.0. The minimum atomic E-state index is -0.406. The van der Waals surface area contributed by atoms with Gasteiger partial charge in [-0.2, -0.15) is 0 Å². The molecule has 1 amide bonds. The number of anilines is 1. The zero-order valence-electron chi connectivity index (χ0n) is 16.3. The van der Waals surface area contributed by atoms with E-state index >= 15 is 0 Å². The number of esters is 1. The summed E-state index contributed by atoms with van der Waals surface area (Å²) in [6, 6.07) is 15.2. The number of nitrogens with one attached hydrogen (secondary N) is 1. The number of carbonyl (C=O) groups is 2. The second-order valence-electron chi connectivity index (χ2n) is 6.66. The Labute approximate surface area is 184 Å². The van der Waals surface area contributed by atoms with E-state index < -0.39 is 5.97 Å². The molecule has 0 unspecified atom stereocenters. The zero-order valence-corrected chi connectivity index (χ0v) is 17.8. The summed E-state index contributed by atoms with van der Waals surface area (Å²) in [7, 11) is 0. The van der Waals surface area contributed by atoms with E-state index in [9.17, 15) is 9.59 Å². The molecule has 0 atom stereocenters. The molecule has 0 aliphatic rings. The first-order valence-corrected chi connectivity index (χ1v) is 9.93. The van der Waals surface area contributed by atoms with Crippen LogP contribution >= 0.6 is 23.2 Å². The van der Waals surface area contributed by atoms with Crippen molar-refractivity contribution in [2.45, 2.75) is 20.0 Å². The molecule has 7 heteroatoms. The highest BCUT2D eigenvalue weighted by Crippen LogP contribution is 2.34. The summed E-state index contributed by atoms with van der Waals surface area (Å²) in [5.74, 6) is 0.289. The van der Waals surface area contributed by atoms with E-state index in [1.807, 2.05) is 0 Å². The van der Waals surface area contributed by atoms with Gasteiger partial charge in [-0.1, -0.05) is 29.3 Å². The average molecular weight is 444 g/mol. The van der Waals surface area contributed by atoms with Crippen molar-refractivity contribution in [3.63, 3.8) is 0 Å². The molecule has 0 spiro atoms. The van der Waals surface area contributed by atoms with Gasteiger partial charge < -0.3 is 14.5 Å². The van der Waals surface area contributed by atoms with Crippen molar-refractivity contribution in [3.8, 4) is 11.3 Å². The smallest absolute Gasteiger partial charge is 0.338 e. The summed E-state index contributed by atoms with van der Waals surface area (Å²) in [5.41, 5.74) is 1.64.